The zero-order valence-corrected chi connectivity index (χ0v) is 27.8. The molecule has 262 valence electrons. The van der Waals surface area contributed by atoms with Crippen molar-refractivity contribution in [1.82, 2.24) is 15.2 Å². The summed E-state index contributed by atoms with van der Waals surface area (Å²) in [7, 11) is -8.69. The van der Waals surface area contributed by atoms with Gasteiger partial charge in [0, 0.05) is 43.2 Å². The van der Waals surface area contributed by atoms with Crippen molar-refractivity contribution in [3.8, 4) is 0 Å². The Morgan fingerprint density at radius 1 is 1.02 bits per heavy atom. The Bertz CT molecular complexity index is 1450. The Hall–Kier alpha value is -3.50. The molecule has 2 aliphatic rings. The molecule has 0 bridgehead atoms. The van der Waals surface area contributed by atoms with Crippen LogP contribution in [0.15, 0.2) is 53.7 Å². The normalized spacial score (nSPS) is 25.7. The number of pyridine rings is 1. The van der Waals surface area contributed by atoms with Crippen LogP contribution in [0.1, 0.15) is 65.5 Å². The summed E-state index contributed by atoms with van der Waals surface area (Å²) in [5.74, 6) is -1.56. The van der Waals surface area contributed by atoms with E-state index >= 15 is 0 Å². The highest BCUT2D eigenvalue weighted by Gasteiger charge is 2.65. The zero-order chi connectivity index (χ0) is 35.0. The standard InChI is InChI=1S/C31H41F5N4O6S/c1-19-14-22(15-20(2)45-19)38-28(41)27(21-8-7-13-37-17-21)40(23-9-11-25(12-10-23)47(32,33,34,35)36)29(42)26-16-24(44-6)18-39(26)30(43)46-31(3,4)5/h7-13,17,19-20,22,24,26-27H,14-16,18H2,1-6H3,(H,38,41)/t19-,20+,22?,24-,26-,27?/m1/s1. The minimum absolute atomic E-state index is 0.0367. The van der Waals surface area contributed by atoms with Gasteiger partial charge in [-0.3, -0.25) is 24.4 Å². The number of benzene rings is 1. The molecule has 0 radical (unpaired) electrons. The average Bonchev–Trinajstić information content (AvgIpc) is 3.38. The van der Waals surface area contributed by atoms with Crippen LogP contribution in [-0.4, -0.2) is 77.4 Å². The summed E-state index contributed by atoms with van der Waals surface area (Å²) in [6.45, 7) is 8.56. The topological polar surface area (TPSA) is 110 Å². The SMILES string of the molecule is CO[C@@H]1C[C@H](C(=O)N(c2ccc(S(F)(F)(F)(F)F)cc2)C(C(=O)NC2C[C@@H](C)O[C@@H](C)C2)c2cccnc2)N(C(=O)OC(C)(C)C)C1. The quantitative estimate of drug-likeness (QED) is 0.300. The lowest BCUT2D eigenvalue weighted by Crippen LogP contribution is -2.54. The number of carbonyl (C=O) groups is 3. The van der Waals surface area contributed by atoms with Gasteiger partial charge in [-0.15, -0.1) is 0 Å². The highest BCUT2D eigenvalue weighted by molar-refractivity contribution is 8.45. The van der Waals surface area contributed by atoms with Gasteiger partial charge >= 0.3 is 16.3 Å². The van der Waals surface area contributed by atoms with Crippen LogP contribution in [0.25, 0.3) is 0 Å². The summed E-state index contributed by atoms with van der Waals surface area (Å²) >= 11 is 0. The number of carbonyl (C=O) groups excluding carboxylic acids is 3. The number of hydrogen-bond acceptors (Lipinski definition) is 7. The summed E-state index contributed by atoms with van der Waals surface area (Å²) in [5, 5.41) is 2.94. The summed E-state index contributed by atoms with van der Waals surface area (Å²) < 4.78 is 85.2. The summed E-state index contributed by atoms with van der Waals surface area (Å²) in [6, 6.07) is 1.59. The van der Waals surface area contributed by atoms with Crippen molar-refractivity contribution in [2.75, 3.05) is 18.6 Å². The lowest BCUT2D eigenvalue weighted by molar-refractivity contribution is -0.130. The highest BCUT2D eigenvalue weighted by Crippen LogP contribution is 3.02. The molecule has 4 rings (SSSR count). The first-order valence-electron chi connectivity index (χ1n) is 15.1. The molecule has 3 amide bonds. The monoisotopic (exact) mass is 692 g/mol. The van der Waals surface area contributed by atoms with Crippen molar-refractivity contribution in [1.29, 1.82) is 0 Å². The number of hydrogen-bond donors (Lipinski definition) is 1. The Kier molecular flexibility index (Phi) is 9.67. The number of halogens is 5. The third kappa shape index (κ3) is 9.11. The number of nitrogens with zero attached hydrogens (tertiary/aromatic N) is 3. The van der Waals surface area contributed by atoms with Gasteiger partial charge in [0.1, 0.15) is 22.6 Å². The molecule has 0 saturated carbocycles. The number of anilines is 1. The average molecular weight is 693 g/mol. The van der Waals surface area contributed by atoms with Crippen molar-refractivity contribution in [2.45, 2.75) is 101 Å². The van der Waals surface area contributed by atoms with Crippen molar-refractivity contribution in [3.63, 3.8) is 0 Å². The number of nitrogens with one attached hydrogen (secondary N) is 1. The maximum atomic E-state index is 14.6. The molecule has 1 N–H and O–H groups in total. The van der Waals surface area contributed by atoms with E-state index in [0.29, 0.717) is 25.0 Å². The molecule has 47 heavy (non-hydrogen) atoms. The molecule has 10 nitrogen and oxygen atoms in total. The molecule has 2 saturated heterocycles. The summed E-state index contributed by atoms with van der Waals surface area (Å²) in [5.41, 5.74) is -1.04. The predicted molar refractivity (Wildman–Crippen MR) is 166 cm³/mol. The van der Waals surface area contributed by atoms with Crippen molar-refractivity contribution in [2.24, 2.45) is 0 Å². The molecule has 1 aromatic heterocycles. The fourth-order valence-electron chi connectivity index (χ4n) is 5.91. The molecule has 2 fully saturated rings. The summed E-state index contributed by atoms with van der Waals surface area (Å²) in [4.78, 5) is 46.1. The number of ether oxygens (including phenoxy) is 3. The smallest absolute Gasteiger partial charge is 0.411 e. The van der Waals surface area contributed by atoms with E-state index in [-0.39, 0.29) is 54.6 Å². The van der Waals surface area contributed by atoms with Crippen LogP contribution in [-0.2, 0) is 23.8 Å². The number of amides is 3. The zero-order valence-electron chi connectivity index (χ0n) is 27.0. The van der Waals surface area contributed by atoms with Crippen molar-refractivity contribution in [3.05, 3.63) is 54.4 Å². The molecular weight excluding hydrogens is 651 g/mol. The van der Waals surface area contributed by atoms with Crippen LogP contribution in [0.3, 0.4) is 0 Å². The van der Waals surface area contributed by atoms with Gasteiger partial charge < -0.3 is 19.5 Å². The summed E-state index contributed by atoms with van der Waals surface area (Å²) in [6.07, 6.45) is 1.77. The molecular formula is C31H41F5N4O6S. The number of likely N-dealkylation sites (tertiary alicyclic amines) is 1. The van der Waals surface area contributed by atoms with Crippen LogP contribution >= 0.6 is 10.2 Å². The van der Waals surface area contributed by atoms with E-state index in [1.165, 1.54) is 31.6 Å². The Morgan fingerprint density at radius 2 is 1.64 bits per heavy atom. The van der Waals surface area contributed by atoms with Gasteiger partial charge in [0.15, 0.2) is 0 Å². The molecule has 16 heteroatoms. The van der Waals surface area contributed by atoms with Gasteiger partial charge in [-0.2, -0.15) is 0 Å². The van der Waals surface area contributed by atoms with Gasteiger partial charge in [-0.1, -0.05) is 25.5 Å². The van der Waals surface area contributed by atoms with Crippen LogP contribution < -0.4 is 10.2 Å². The van der Waals surface area contributed by atoms with E-state index in [4.69, 9.17) is 14.2 Å². The van der Waals surface area contributed by atoms with E-state index in [1.54, 1.807) is 20.8 Å². The predicted octanol–water partition coefficient (Wildman–Crippen LogP) is 6.91. The van der Waals surface area contributed by atoms with Gasteiger partial charge in [-0.05, 0) is 77.8 Å². The Balaban J connectivity index is 1.84. The Labute approximate surface area is 270 Å². The number of aromatic nitrogens is 1. The molecule has 0 spiro atoms. The molecule has 6 atom stereocenters. The second-order valence-corrected chi connectivity index (χ2v) is 15.4. The minimum atomic E-state index is -10.1. The van der Waals surface area contributed by atoms with Crippen molar-refractivity contribution < 1.29 is 48.0 Å². The molecule has 2 aromatic rings. The number of rotatable bonds is 8. The molecule has 2 unspecified atom stereocenters. The second-order valence-electron chi connectivity index (χ2n) is 13.0. The van der Waals surface area contributed by atoms with Gasteiger partial charge in [0.2, 0.25) is 5.91 Å². The van der Waals surface area contributed by atoms with Gasteiger partial charge in [0.05, 0.1) is 24.9 Å². The van der Waals surface area contributed by atoms with Crippen LogP contribution in [0, 0.1) is 0 Å². The lowest BCUT2D eigenvalue weighted by atomic mass is 9.98. The van der Waals surface area contributed by atoms with E-state index < -0.39 is 56.8 Å². The van der Waals surface area contributed by atoms with E-state index in [1.807, 2.05) is 13.8 Å². The first-order chi connectivity index (χ1) is 21.6. The first kappa shape index (κ1) is 36.3. The lowest BCUT2D eigenvalue weighted by Gasteiger charge is -2.41. The minimum Gasteiger partial charge on any atom is -0.444 e. The van der Waals surface area contributed by atoms with Gasteiger partial charge in [0.25, 0.3) is 5.91 Å². The van der Waals surface area contributed by atoms with Crippen molar-refractivity contribution >= 4 is 33.8 Å². The van der Waals surface area contributed by atoms with E-state index in [9.17, 15) is 33.8 Å². The fraction of sp³-hybridized carbons (Fsp3) is 0.548. The molecule has 0 aliphatic carbocycles. The Morgan fingerprint density at radius 3 is 2.15 bits per heavy atom. The maximum Gasteiger partial charge on any atom is 0.411 e. The molecule has 1 aromatic carbocycles. The van der Waals surface area contributed by atoms with E-state index in [0.717, 1.165) is 9.80 Å². The molecule has 3 heterocycles. The van der Waals surface area contributed by atoms with Crippen LogP contribution in [0.2, 0.25) is 0 Å². The van der Waals surface area contributed by atoms with Crippen LogP contribution in [0.4, 0.5) is 29.9 Å². The molecule has 2 aliphatic heterocycles. The third-order valence-corrected chi connectivity index (χ3v) is 9.02. The first-order valence-corrected chi connectivity index (χ1v) is 17.1. The van der Waals surface area contributed by atoms with Crippen LogP contribution in [0.5, 0.6) is 0 Å². The van der Waals surface area contributed by atoms with E-state index in [2.05, 4.69) is 10.3 Å². The maximum absolute atomic E-state index is 14.6. The fourth-order valence-corrected chi connectivity index (χ4v) is 6.56. The largest absolute Gasteiger partial charge is 0.444 e. The van der Waals surface area contributed by atoms with Gasteiger partial charge in [-0.25, -0.2) is 4.79 Å². The second kappa shape index (κ2) is 12.5. The number of methoxy groups -OCH3 is 1. The highest BCUT2D eigenvalue weighted by atomic mass is 32.5. The third-order valence-electron chi connectivity index (χ3n) is 7.86.